The lowest BCUT2D eigenvalue weighted by Gasteiger charge is -2.27. The topological polar surface area (TPSA) is 52.3 Å². The monoisotopic (exact) mass is 225 g/mol. The van der Waals surface area contributed by atoms with Crippen molar-refractivity contribution >= 4 is 5.97 Å². The van der Waals surface area contributed by atoms with E-state index in [2.05, 4.69) is 4.74 Å². The van der Waals surface area contributed by atoms with Gasteiger partial charge in [-0.3, -0.25) is 0 Å². The van der Waals surface area contributed by atoms with Gasteiger partial charge in [0.25, 0.3) is 0 Å². The van der Waals surface area contributed by atoms with E-state index in [4.69, 9.17) is 5.73 Å². The summed E-state index contributed by atoms with van der Waals surface area (Å²) in [6.07, 6.45) is -3.07. The van der Waals surface area contributed by atoms with Crippen LogP contribution >= 0.6 is 0 Å². The van der Waals surface area contributed by atoms with Crippen LogP contribution in [0.2, 0.25) is 0 Å². The Morgan fingerprint density at radius 3 is 2.20 bits per heavy atom. The first kappa shape index (κ1) is 12.3. The minimum Gasteiger partial charge on any atom is -0.456 e. The highest BCUT2D eigenvalue weighted by molar-refractivity contribution is 5.75. The molecule has 1 rings (SSSR count). The number of rotatable bonds is 2. The van der Waals surface area contributed by atoms with Gasteiger partial charge in [0.1, 0.15) is 6.10 Å². The number of hydrogen-bond acceptors (Lipinski definition) is 3. The van der Waals surface area contributed by atoms with Crippen LogP contribution in [-0.2, 0) is 9.53 Å². The molecule has 0 unspecified atom stereocenters. The van der Waals surface area contributed by atoms with Crippen LogP contribution in [0.4, 0.5) is 13.2 Å². The molecular weight excluding hydrogens is 211 g/mol. The maximum Gasteiger partial charge on any atom is 0.490 e. The van der Waals surface area contributed by atoms with Crippen LogP contribution < -0.4 is 5.73 Å². The van der Waals surface area contributed by atoms with E-state index in [1.165, 1.54) is 0 Å². The Labute approximate surface area is 85.8 Å². The lowest BCUT2D eigenvalue weighted by Crippen LogP contribution is -2.33. The number of alkyl halides is 3. The average Bonchev–Trinajstić information content (AvgIpc) is 2.17. The summed E-state index contributed by atoms with van der Waals surface area (Å²) in [7, 11) is 0. The number of hydrogen-bond donors (Lipinski definition) is 1. The van der Waals surface area contributed by atoms with Crippen molar-refractivity contribution in [1.82, 2.24) is 0 Å². The molecule has 1 aliphatic rings. The van der Waals surface area contributed by atoms with Crippen LogP contribution in [0.1, 0.15) is 25.7 Å². The van der Waals surface area contributed by atoms with E-state index in [-0.39, 0.29) is 0 Å². The summed E-state index contributed by atoms with van der Waals surface area (Å²) in [6.45, 7) is 0.542. The van der Waals surface area contributed by atoms with E-state index in [0.29, 0.717) is 25.3 Å². The van der Waals surface area contributed by atoms with Crippen molar-refractivity contribution in [2.75, 3.05) is 6.54 Å². The van der Waals surface area contributed by atoms with Crippen LogP contribution in [0.15, 0.2) is 0 Å². The molecule has 6 heteroatoms. The lowest BCUT2D eigenvalue weighted by atomic mass is 9.87. The third-order valence-corrected chi connectivity index (χ3v) is 2.63. The Bertz CT molecular complexity index is 222. The molecule has 1 fully saturated rings. The number of carbonyl (C=O) groups excluding carboxylic acids is 1. The molecule has 0 heterocycles. The van der Waals surface area contributed by atoms with Crippen molar-refractivity contribution in [3.63, 3.8) is 0 Å². The molecule has 1 aliphatic carbocycles. The Morgan fingerprint density at radius 1 is 1.27 bits per heavy atom. The van der Waals surface area contributed by atoms with Gasteiger partial charge in [-0.05, 0) is 38.1 Å². The fourth-order valence-electron chi connectivity index (χ4n) is 1.70. The summed E-state index contributed by atoms with van der Waals surface area (Å²) >= 11 is 0. The zero-order chi connectivity index (χ0) is 11.5. The van der Waals surface area contributed by atoms with Gasteiger partial charge in [-0.1, -0.05) is 0 Å². The molecule has 0 saturated heterocycles. The molecule has 0 aliphatic heterocycles. The second-order valence-electron chi connectivity index (χ2n) is 3.78. The number of carbonyl (C=O) groups is 1. The molecule has 0 aromatic heterocycles. The van der Waals surface area contributed by atoms with E-state index in [0.717, 1.165) is 12.8 Å². The number of esters is 1. The summed E-state index contributed by atoms with van der Waals surface area (Å²) in [5.41, 5.74) is 5.43. The SMILES string of the molecule is NCC1CCC(OC(=O)C(F)(F)F)CC1. The Balaban J connectivity index is 2.33. The first-order valence-corrected chi connectivity index (χ1v) is 4.91. The number of ether oxygens (including phenoxy) is 1. The van der Waals surface area contributed by atoms with Crippen LogP contribution in [0.5, 0.6) is 0 Å². The molecule has 2 N–H and O–H groups in total. The summed E-state index contributed by atoms with van der Waals surface area (Å²) in [5.74, 6) is -1.73. The number of halogens is 3. The third-order valence-electron chi connectivity index (χ3n) is 2.63. The quantitative estimate of drug-likeness (QED) is 0.726. The zero-order valence-corrected chi connectivity index (χ0v) is 8.22. The fraction of sp³-hybridized carbons (Fsp3) is 0.889. The van der Waals surface area contributed by atoms with Gasteiger partial charge in [-0.15, -0.1) is 0 Å². The second-order valence-corrected chi connectivity index (χ2v) is 3.78. The minimum absolute atomic E-state index is 0.353. The summed E-state index contributed by atoms with van der Waals surface area (Å²) in [6, 6.07) is 0. The molecule has 0 atom stereocenters. The van der Waals surface area contributed by atoms with Crippen molar-refractivity contribution < 1.29 is 22.7 Å². The molecular formula is C9H14F3NO2. The van der Waals surface area contributed by atoms with E-state index < -0.39 is 18.2 Å². The second kappa shape index (κ2) is 4.83. The first-order chi connectivity index (χ1) is 6.93. The molecule has 15 heavy (non-hydrogen) atoms. The first-order valence-electron chi connectivity index (χ1n) is 4.91. The maximum absolute atomic E-state index is 11.9. The van der Waals surface area contributed by atoms with Gasteiger partial charge in [0.05, 0.1) is 0 Å². The van der Waals surface area contributed by atoms with Crippen LogP contribution in [0, 0.1) is 5.92 Å². The highest BCUT2D eigenvalue weighted by Crippen LogP contribution is 2.27. The van der Waals surface area contributed by atoms with Crippen LogP contribution in [0.25, 0.3) is 0 Å². The van der Waals surface area contributed by atoms with Crippen LogP contribution in [0.3, 0.4) is 0 Å². The van der Waals surface area contributed by atoms with Gasteiger partial charge in [0.2, 0.25) is 0 Å². The summed E-state index contributed by atoms with van der Waals surface area (Å²) in [5, 5.41) is 0. The van der Waals surface area contributed by atoms with Crippen molar-refractivity contribution in [2.45, 2.75) is 38.0 Å². The molecule has 1 saturated carbocycles. The molecule has 88 valence electrons. The van der Waals surface area contributed by atoms with Gasteiger partial charge >= 0.3 is 12.1 Å². The Morgan fingerprint density at radius 2 is 1.80 bits per heavy atom. The van der Waals surface area contributed by atoms with Crippen molar-refractivity contribution in [1.29, 1.82) is 0 Å². The summed E-state index contributed by atoms with van der Waals surface area (Å²) in [4.78, 5) is 10.5. The smallest absolute Gasteiger partial charge is 0.456 e. The molecule has 0 aromatic rings. The van der Waals surface area contributed by atoms with E-state index >= 15 is 0 Å². The standard InChI is InChI=1S/C9H14F3NO2/c10-9(11,12)8(14)15-7-3-1-6(5-13)2-4-7/h6-7H,1-5,13H2. The third kappa shape index (κ3) is 3.70. The van der Waals surface area contributed by atoms with Crippen molar-refractivity contribution in [3.8, 4) is 0 Å². The zero-order valence-electron chi connectivity index (χ0n) is 8.22. The normalized spacial score (nSPS) is 27.5. The molecule has 0 spiro atoms. The average molecular weight is 225 g/mol. The fourth-order valence-corrected chi connectivity index (χ4v) is 1.70. The summed E-state index contributed by atoms with van der Waals surface area (Å²) < 4.78 is 39.9. The Kier molecular flexibility index (Phi) is 3.96. The van der Waals surface area contributed by atoms with E-state index in [1.54, 1.807) is 0 Å². The maximum atomic E-state index is 11.9. The van der Waals surface area contributed by atoms with Gasteiger partial charge in [0.15, 0.2) is 0 Å². The minimum atomic E-state index is -4.88. The molecule has 0 radical (unpaired) electrons. The van der Waals surface area contributed by atoms with Gasteiger partial charge in [-0.25, -0.2) is 4.79 Å². The van der Waals surface area contributed by atoms with Gasteiger partial charge < -0.3 is 10.5 Å². The van der Waals surface area contributed by atoms with Crippen molar-refractivity contribution in [3.05, 3.63) is 0 Å². The van der Waals surface area contributed by atoms with Crippen molar-refractivity contribution in [2.24, 2.45) is 11.7 Å². The molecule has 0 amide bonds. The molecule has 3 nitrogen and oxygen atoms in total. The lowest BCUT2D eigenvalue weighted by molar-refractivity contribution is -0.206. The molecule has 0 bridgehead atoms. The Hall–Kier alpha value is -0.780. The predicted octanol–water partition coefficient (Wildman–Crippen LogP) is 1.61. The highest BCUT2D eigenvalue weighted by atomic mass is 19.4. The number of nitrogens with two attached hydrogens (primary N) is 1. The van der Waals surface area contributed by atoms with Crippen LogP contribution in [-0.4, -0.2) is 24.8 Å². The molecule has 0 aromatic carbocycles. The van der Waals surface area contributed by atoms with Gasteiger partial charge in [0, 0.05) is 0 Å². The predicted molar refractivity (Wildman–Crippen MR) is 46.9 cm³/mol. The largest absolute Gasteiger partial charge is 0.490 e. The van der Waals surface area contributed by atoms with E-state index in [9.17, 15) is 18.0 Å². The van der Waals surface area contributed by atoms with Gasteiger partial charge in [-0.2, -0.15) is 13.2 Å². The van der Waals surface area contributed by atoms with E-state index in [1.807, 2.05) is 0 Å². The highest BCUT2D eigenvalue weighted by Gasteiger charge is 2.42.